The first kappa shape index (κ1) is 9.95. The molecule has 80 valence electrons. The molecule has 2 N–H and O–H groups in total. The monoisotopic (exact) mass is 241 g/mol. The van der Waals surface area contributed by atoms with E-state index in [0.717, 1.165) is 17.9 Å². The molecule has 2 aliphatic rings. The van der Waals surface area contributed by atoms with Crippen molar-refractivity contribution in [2.75, 3.05) is 0 Å². The highest BCUT2D eigenvalue weighted by molar-refractivity contribution is 6.35. The second kappa shape index (κ2) is 2.91. The van der Waals surface area contributed by atoms with Gasteiger partial charge in [-0.25, -0.2) is 0 Å². The molecule has 15 heavy (non-hydrogen) atoms. The Bertz CT molecular complexity index is 420. The molecule has 2 saturated carbocycles. The van der Waals surface area contributed by atoms with Crippen molar-refractivity contribution >= 4 is 23.2 Å². The fourth-order valence-electron chi connectivity index (χ4n) is 2.65. The van der Waals surface area contributed by atoms with E-state index in [1.54, 1.807) is 0 Å². The highest BCUT2D eigenvalue weighted by Gasteiger charge is 2.64. The molecule has 0 unspecified atom stereocenters. The van der Waals surface area contributed by atoms with E-state index < -0.39 is 0 Å². The first-order valence-corrected chi connectivity index (χ1v) is 6.07. The Labute approximate surface area is 99.6 Å². The first-order valence-electron chi connectivity index (χ1n) is 5.32. The van der Waals surface area contributed by atoms with Crippen molar-refractivity contribution in [3.8, 4) is 0 Å². The molecule has 0 saturated heterocycles. The quantitative estimate of drug-likeness (QED) is 0.843. The molecule has 2 fully saturated rings. The van der Waals surface area contributed by atoms with E-state index in [2.05, 4.69) is 0 Å². The number of rotatable bonds is 2. The van der Waals surface area contributed by atoms with E-state index in [-0.39, 0.29) is 11.0 Å². The molecular formula is C12H13Cl2N. The molecule has 0 aromatic heterocycles. The molecule has 0 aliphatic heterocycles. The molecule has 0 heterocycles. The van der Waals surface area contributed by atoms with Gasteiger partial charge in [-0.15, -0.1) is 0 Å². The van der Waals surface area contributed by atoms with Crippen LogP contribution in [0.1, 0.15) is 31.2 Å². The third kappa shape index (κ3) is 1.33. The summed E-state index contributed by atoms with van der Waals surface area (Å²) in [6.45, 7) is 0. The fourth-order valence-corrected chi connectivity index (χ4v) is 3.24. The van der Waals surface area contributed by atoms with Crippen LogP contribution in [0.2, 0.25) is 10.0 Å². The highest BCUT2D eigenvalue weighted by atomic mass is 35.5. The maximum atomic E-state index is 6.33. The van der Waals surface area contributed by atoms with Crippen molar-refractivity contribution in [2.24, 2.45) is 5.73 Å². The summed E-state index contributed by atoms with van der Waals surface area (Å²) in [5.74, 6) is 0. The molecule has 0 bridgehead atoms. The van der Waals surface area contributed by atoms with Gasteiger partial charge in [0.25, 0.3) is 0 Å². The number of halogens is 2. The number of nitrogens with two attached hydrogens (primary N) is 1. The third-order valence-corrected chi connectivity index (χ3v) is 4.49. The summed E-state index contributed by atoms with van der Waals surface area (Å²) >= 11 is 12.1. The van der Waals surface area contributed by atoms with E-state index in [1.165, 1.54) is 18.4 Å². The van der Waals surface area contributed by atoms with Crippen molar-refractivity contribution in [3.05, 3.63) is 33.8 Å². The predicted octanol–water partition coefficient (Wildman–Crippen LogP) is 3.52. The van der Waals surface area contributed by atoms with Gasteiger partial charge in [-0.1, -0.05) is 29.3 Å². The first-order chi connectivity index (χ1) is 7.07. The lowest BCUT2D eigenvalue weighted by atomic mass is 9.86. The van der Waals surface area contributed by atoms with Gasteiger partial charge in [0, 0.05) is 21.0 Å². The lowest BCUT2D eigenvalue weighted by Crippen LogP contribution is -2.37. The fraction of sp³-hybridized carbons (Fsp3) is 0.500. The summed E-state index contributed by atoms with van der Waals surface area (Å²) in [6, 6.07) is 5.78. The molecule has 0 spiro atoms. The SMILES string of the molecule is NC1(C2(c3ccc(Cl)cc3Cl)CC2)CC1. The molecule has 0 atom stereocenters. The van der Waals surface area contributed by atoms with Crippen LogP contribution in [-0.2, 0) is 5.41 Å². The van der Waals surface area contributed by atoms with Crippen LogP contribution in [-0.4, -0.2) is 5.54 Å². The minimum Gasteiger partial charge on any atom is -0.324 e. The Morgan fingerprint density at radius 1 is 1.07 bits per heavy atom. The molecule has 0 radical (unpaired) electrons. The summed E-state index contributed by atoms with van der Waals surface area (Å²) < 4.78 is 0. The zero-order valence-corrected chi connectivity index (χ0v) is 9.91. The maximum Gasteiger partial charge on any atom is 0.0459 e. The van der Waals surface area contributed by atoms with Crippen molar-refractivity contribution in [3.63, 3.8) is 0 Å². The average Bonchev–Trinajstić information content (AvgIpc) is 3.01. The second-order valence-corrected chi connectivity index (χ2v) is 5.71. The van der Waals surface area contributed by atoms with Gasteiger partial charge < -0.3 is 5.73 Å². The minimum absolute atomic E-state index is 0.0183. The van der Waals surface area contributed by atoms with Gasteiger partial charge in [-0.3, -0.25) is 0 Å². The Morgan fingerprint density at radius 3 is 2.20 bits per heavy atom. The standard InChI is InChI=1S/C12H13Cl2N/c13-8-1-2-9(10(14)7-8)11(3-4-11)12(15)5-6-12/h1-2,7H,3-6,15H2. The maximum absolute atomic E-state index is 6.33. The van der Waals surface area contributed by atoms with Crippen molar-refractivity contribution < 1.29 is 0 Å². The molecule has 1 aromatic carbocycles. The van der Waals surface area contributed by atoms with Crippen LogP contribution in [0.5, 0.6) is 0 Å². The summed E-state index contributed by atoms with van der Waals surface area (Å²) in [5.41, 5.74) is 7.72. The van der Waals surface area contributed by atoms with Gasteiger partial charge in [-0.2, -0.15) is 0 Å². The molecule has 3 rings (SSSR count). The van der Waals surface area contributed by atoms with Crippen LogP contribution < -0.4 is 5.73 Å². The summed E-state index contributed by atoms with van der Waals surface area (Å²) in [7, 11) is 0. The minimum atomic E-state index is 0.0183. The zero-order valence-electron chi connectivity index (χ0n) is 8.39. The molecule has 1 nitrogen and oxygen atoms in total. The van der Waals surface area contributed by atoms with Crippen LogP contribution >= 0.6 is 23.2 Å². The van der Waals surface area contributed by atoms with Crippen LogP contribution in [0.15, 0.2) is 18.2 Å². The van der Waals surface area contributed by atoms with Crippen LogP contribution in [0.4, 0.5) is 0 Å². The Morgan fingerprint density at radius 2 is 1.73 bits per heavy atom. The number of benzene rings is 1. The summed E-state index contributed by atoms with van der Waals surface area (Å²) in [4.78, 5) is 0. The van der Waals surface area contributed by atoms with Crippen molar-refractivity contribution in [1.82, 2.24) is 0 Å². The molecule has 3 heteroatoms. The van der Waals surface area contributed by atoms with Crippen LogP contribution in [0, 0.1) is 0 Å². The van der Waals surface area contributed by atoms with Crippen molar-refractivity contribution in [1.29, 1.82) is 0 Å². The number of hydrogen-bond acceptors (Lipinski definition) is 1. The largest absolute Gasteiger partial charge is 0.324 e. The molecule has 1 aromatic rings. The average molecular weight is 242 g/mol. The predicted molar refractivity (Wildman–Crippen MR) is 63.5 cm³/mol. The number of hydrogen-bond donors (Lipinski definition) is 1. The lowest BCUT2D eigenvalue weighted by molar-refractivity contribution is 0.503. The highest BCUT2D eigenvalue weighted by Crippen LogP contribution is 2.64. The molecule has 0 amide bonds. The van der Waals surface area contributed by atoms with Crippen LogP contribution in [0.25, 0.3) is 0 Å². The topological polar surface area (TPSA) is 26.0 Å². The van der Waals surface area contributed by atoms with Crippen molar-refractivity contribution in [2.45, 2.75) is 36.6 Å². The van der Waals surface area contributed by atoms with E-state index in [4.69, 9.17) is 28.9 Å². The Kier molecular flexibility index (Phi) is 1.93. The zero-order chi connectivity index (χ0) is 10.7. The smallest absolute Gasteiger partial charge is 0.0459 e. The van der Waals surface area contributed by atoms with Gasteiger partial charge in [-0.05, 0) is 43.4 Å². The van der Waals surface area contributed by atoms with E-state index in [9.17, 15) is 0 Å². The second-order valence-electron chi connectivity index (χ2n) is 4.86. The molecular weight excluding hydrogens is 229 g/mol. The van der Waals surface area contributed by atoms with Gasteiger partial charge in [0.1, 0.15) is 0 Å². The third-order valence-electron chi connectivity index (χ3n) is 3.94. The van der Waals surface area contributed by atoms with E-state index >= 15 is 0 Å². The van der Waals surface area contributed by atoms with E-state index in [1.807, 2.05) is 18.2 Å². The summed E-state index contributed by atoms with van der Waals surface area (Å²) in [6.07, 6.45) is 4.60. The Balaban J connectivity index is 2.06. The van der Waals surface area contributed by atoms with E-state index in [0.29, 0.717) is 5.02 Å². The Hall–Kier alpha value is -0.240. The van der Waals surface area contributed by atoms with Gasteiger partial charge in [0.2, 0.25) is 0 Å². The normalized spacial score (nSPS) is 25.0. The molecule has 2 aliphatic carbocycles. The van der Waals surface area contributed by atoms with Gasteiger partial charge in [0.15, 0.2) is 0 Å². The lowest BCUT2D eigenvalue weighted by Gasteiger charge is -2.24. The van der Waals surface area contributed by atoms with Crippen LogP contribution in [0.3, 0.4) is 0 Å². The van der Waals surface area contributed by atoms with Gasteiger partial charge in [0.05, 0.1) is 0 Å². The summed E-state index contributed by atoms with van der Waals surface area (Å²) in [5, 5.41) is 1.47. The van der Waals surface area contributed by atoms with Gasteiger partial charge >= 0.3 is 0 Å².